The summed E-state index contributed by atoms with van der Waals surface area (Å²) in [5.74, 6) is 1.46. The fraction of sp³-hybridized carbons (Fsp3) is 0.429. The highest BCUT2D eigenvalue weighted by molar-refractivity contribution is 5.54. The van der Waals surface area contributed by atoms with Crippen LogP contribution in [0.3, 0.4) is 0 Å². The van der Waals surface area contributed by atoms with E-state index in [-0.39, 0.29) is 17.8 Å². The molecule has 2 rings (SSSR count). The van der Waals surface area contributed by atoms with E-state index in [4.69, 9.17) is 9.26 Å². The van der Waals surface area contributed by atoms with E-state index in [1.54, 1.807) is 24.3 Å². The number of ether oxygens (including phenoxy) is 1. The highest BCUT2D eigenvalue weighted by Gasteiger charge is 2.22. The first-order valence-electron chi connectivity index (χ1n) is 6.36. The minimum Gasteiger partial charge on any atom is -0.508 e. The normalized spacial score (nSPS) is 12.8. The third-order valence-corrected chi connectivity index (χ3v) is 2.76. The largest absolute Gasteiger partial charge is 0.508 e. The number of phenols is 1. The van der Waals surface area contributed by atoms with Crippen molar-refractivity contribution in [3.05, 3.63) is 30.1 Å². The van der Waals surface area contributed by atoms with E-state index in [0.717, 1.165) is 5.56 Å². The van der Waals surface area contributed by atoms with Gasteiger partial charge in [0.2, 0.25) is 5.82 Å². The Balaban J connectivity index is 2.24. The molecule has 1 aromatic heterocycles. The highest BCUT2D eigenvalue weighted by atomic mass is 16.5. The van der Waals surface area contributed by atoms with Crippen LogP contribution in [0.2, 0.25) is 0 Å². The van der Waals surface area contributed by atoms with Crippen LogP contribution in [0.1, 0.15) is 32.7 Å². The summed E-state index contributed by atoms with van der Waals surface area (Å²) in [5, 5.41) is 13.2. The summed E-state index contributed by atoms with van der Waals surface area (Å²) in [6.45, 7) is 6.65. The molecule has 1 N–H and O–H groups in total. The summed E-state index contributed by atoms with van der Waals surface area (Å²) in [6.07, 6.45) is -0.167. The van der Waals surface area contributed by atoms with Crippen LogP contribution < -0.4 is 0 Å². The highest BCUT2D eigenvalue weighted by Crippen LogP contribution is 2.26. The molecule has 0 saturated carbocycles. The van der Waals surface area contributed by atoms with Crippen molar-refractivity contribution < 1.29 is 14.4 Å². The Labute approximate surface area is 112 Å². The molecule has 0 aliphatic rings. The summed E-state index contributed by atoms with van der Waals surface area (Å²) in [5.41, 5.74) is 0.774. The van der Waals surface area contributed by atoms with Gasteiger partial charge in [-0.15, -0.1) is 0 Å². The zero-order chi connectivity index (χ0) is 13.8. The molecule has 2 aromatic rings. The fourth-order valence-corrected chi connectivity index (χ4v) is 1.82. The van der Waals surface area contributed by atoms with E-state index in [1.165, 1.54) is 0 Å². The Kier molecular flexibility index (Phi) is 4.16. The predicted octanol–water partition coefficient (Wildman–Crippen LogP) is 3.18. The fourth-order valence-electron chi connectivity index (χ4n) is 1.82. The van der Waals surface area contributed by atoms with Gasteiger partial charge >= 0.3 is 0 Å². The molecule has 0 aliphatic heterocycles. The summed E-state index contributed by atoms with van der Waals surface area (Å²) in [7, 11) is 0. The maximum absolute atomic E-state index is 9.25. The van der Waals surface area contributed by atoms with Crippen molar-refractivity contribution in [2.75, 3.05) is 6.61 Å². The Bertz CT molecular complexity index is 520. The van der Waals surface area contributed by atoms with E-state index < -0.39 is 0 Å². The maximum atomic E-state index is 9.25. The molecule has 5 nitrogen and oxygen atoms in total. The quantitative estimate of drug-likeness (QED) is 0.896. The molecule has 1 aromatic carbocycles. The summed E-state index contributed by atoms with van der Waals surface area (Å²) < 4.78 is 10.9. The lowest BCUT2D eigenvalue weighted by molar-refractivity contribution is 0.0217. The zero-order valence-corrected chi connectivity index (χ0v) is 11.3. The molecule has 0 amide bonds. The van der Waals surface area contributed by atoms with Crippen molar-refractivity contribution in [2.24, 2.45) is 5.92 Å². The first-order chi connectivity index (χ1) is 9.11. The molecule has 19 heavy (non-hydrogen) atoms. The number of benzene rings is 1. The molecular formula is C14H18N2O3. The number of hydrogen-bond donors (Lipinski definition) is 1. The van der Waals surface area contributed by atoms with Gasteiger partial charge in [-0.1, -0.05) is 19.0 Å². The van der Waals surface area contributed by atoms with Gasteiger partial charge in [-0.3, -0.25) is 0 Å². The Hall–Kier alpha value is -1.88. The second kappa shape index (κ2) is 5.84. The van der Waals surface area contributed by atoms with Crippen LogP contribution in [0.15, 0.2) is 28.8 Å². The molecule has 0 spiro atoms. The Morgan fingerprint density at radius 2 is 1.95 bits per heavy atom. The average Bonchev–Trinajstić information content (AvgIpc) is 2.85. The van der Waals surface area contributed by atoms with Crippen LogP contribution in [-0.4, -0.2) is 21.9 Å². The van der Waals surface area contributed by atoms with Gasteiger partial charge in [0.05, 0.1) is 0 Å². The number of phenolic OH excluding ortho intramolecular Hbond substituents is 1. The Morgan fingerprint density at radius 3 is 2.53 bits per heavy atom. The minimum absolute atomic E-state index is 0.167. The minimum atomic E-state index is -0.167. The van der Waals surface area contributed by atoms with Crippen LogP contribution >= 0.6 is 0 Å². The van der Waals surface area contributed by atoms with Crippen LogP contribution in [0.25, 0.3) is 11.5 Å². The van der Waals surface area contributed by atoms with Crippen LogP contribution in [0, 0.1) is 5.92 Å². The average molecular weight is 262 g/mol. The number of rotatable bonds is 5. The molecule has 5 heteroatoms. The third kappa shape index (κ3) is 3.12. The topological polar surface area (TPSA) is 68.4 Å². The maximum Gasteiger partial charge on any atom is 0.258 e. The lowest BCUT2D eigenvalue weighted by Crippen LogP contribution is -2.12. The van der Waals surface area contributed by atoms with E-state index in [9.17, 15) is 5.11 Å². The zero-order valence-electron chi connectivity index (χ0n) is 11.3. The van der Waals surface area contributed by atoms with Gasteiger partial charge < -0.3 is 14.4 Å². The second-order valence-corrected chi connectivity index (χ2v) is 4.62. The predicted molar refractivity (Wildman–Crippen MR) is 70.6 cm³/mol. The van der Waals surface area contributed by atoms with E-state index in [0.29, 0.717) is 18.3 Å². The summed E-state index contributed by atoms with van der Waals surface area (Å²) in [4.78, 5) is 4.37. The van der Waals surface area contributed by atoms with Crippen molar-refractivity contribution in [2.45, 2.75) is 26.9 Å². The van der Waals surface area contributed by atoms with Gasteiger partial charge in [-0.2, -0.15) is 4.98 Å². The summed E-state index contributed by atoms with van der Waals surface area (Å²) in [6, 6.07) is 6.64. The molecule has 1 atom stereocenters. The van der Waals surface area contributed by atoms with Crippen molar-refractivity contribution >= 4 is 0 Å². The molecule has 0 bridgehead atoms. The van der Waals surface area contributed by atoms with E-state index in [1.807, 2.05) is 6.92 Å². The SMILES string of the molecule is CCOC(c1noc(-c2ccc(O)cc2)n1)C(C)C. The van der Waals surface area contributed by atoms with Gasteiger partial charge in [-0.25, -0.2) is 0 Å². The van der Waals surface area contributed by atoms with Crippen molar-refractivity contribution in [1.29, 1.82) is 0 Å². The lowest BCUT2D eigenvalue weighted by Gasteiger charge is -2.16. The monoisotopic (exact) mass is 262 g/mol. The smallest absolute Gasteiger partial charge is 0.258 e. The van der Waals surface area contributed by atoms with E-state index in [2.05, 4.69) is 24.0 Å². The molecule has 0 radical (unpaired) electrons. The second-order valence-electron chi connectivity index (χ2n) is 4.62. The number of aromatic hydroxyl groups is 1. The molecular weight excluding hydrogens is 244 g/mol. The van der Waals surface area contributed by atoms with Crippen LogP contribution in [0.5, 0.6) is 5.75 Å². The summed E-state index contributed by atoms with van der Waals surface area (Å²) >= 11 is 0. The number of nitrogens with zero attached hydrogens (tertiary/aromatic N) is 2. The van der Waals surface area contributed by atoms with Gasteiger partial charge in [0, 0.05) is 12.2 Å². The van der Waals surface area contributed by atoms with Gasteiger partial charge in [0.25, 0.3) is 5.89 Å². The first kappa shape index (κ1) is 13.5. The number of hydrogen-bond acceptors (Lipinski definition) is 5. The van der Waals surface area contributed by atoms with Gasteiger partial charge in [0.1, 0.15) is 11.9 Å². The van der Waals surface area contributed by atoms with Gasteiger partial charge in [0.15, 0.2) is 0 Å². The molecule has 1 unspecified atom stereocenters. The Morgan fingerprint density at radius 1 is 1.26 bits per heavy atom. The van der Waals surface area contributed by atoms with Gasteiger partial charge in [-0.05, 0) is 37.1 Å². The van der Waals surface area contributed by atoms with E-state index >= 15 is 0 Å². The molecule has 0 aliphatic carbocycles. The lowest BCUT2D eigenvalue weighted by atomic mass is 10.1. The molecule has 1 heterocycles. The molecule has 0 fully saturated rings. The van der Waals surface area contributed by atoms with Crippen molar-refractivity contribution in [3.63, 3.8) is 0 Å². The molecule has 102 valence electrons. The van der Waals surface area contributed by atoms with Crippen LogP contribution in [-0.2, 0) is 4.74 Å². The van der Waals surface area contributed by atoms with Crippen LogP contribution in [0.4, 0.5) is 0 Å². The van der Waals surface area contributed by atoms with Crippen molar-refractivity contribution in [3.8, 4) is 17.2 Å². The standard InChI is InChI=1S/C14H18N2O3/c1-4-18-12(9(2)3)13-15-14(19-16-13)10-5-7-11(17)8-6-10/h5-9,12,17H,4H2,1-3H3. The first-order valence-corrected chi connectivity index (χ1v) is 6.36. The van der Waals surface area contributed by atoms with Crippen molar-refractivity contribution in [1.82, 2.24) is 10.1 Å². The molecule has 0 saturated heterocycles. The number of aromatic nitrogens is 2. The third-order valence-electron chi connectivity index (χ3n) is 2.76.